The highest BCUT2D eigenvalue weighted by Gasteiger charge is 2.31. The average Bonchev–Trinajstić information content (AvgIpc) is 2.48. The molecule has 0 aliphatic rings. The molecule has 0 saturated heterocycles. The molecule has 0 aromatic heterocycles. The third-order valence-corrected chi connectivity index (χ3v) is 4.01. The van der Waals surface area contributed by atoms with E-state index in [1.54, 1.807) is 18.2 Å². The fourth-order valence-corrected chi connectivity index (χ4v) is 2.52. The van der Waals surface area contributed by atoms with Crippen molar-refractivity contribution in [3.05, 3.63) is 70.5 Å². The molecule has 0 bridgehead atoms. The monoisotopic (exact) mass is 293 g/mol. The summed E-state index contributed by atoms with van der Waals surface area (Å²) in [6.07, 6.45) is 0.505. The largest absolute Gasteiger partial charge is 0.395 e. The molecular formula is C16H17ClFNO. The molecule has 1 atom stereocenters. The standard InChI is InChI=1S/C16H17ClFNO/c17-15-4-2-1-3-12(15)9-16(10-19,11-20)13-5-7-14(18)8-6-13/h1-8,20H,9-11,19H2. The molecular weight excluding hydrogens is 277 g/mol. The van der Waals surface area contributed by atoms with Crippen LogP contribution in [0.25, 0.3) is 0 Å². The maximum absolute atomic E-state index is 13.1. The fourth-order valence-electron chi connectivity index (χ4n) is 2.31. The molecule has 0 spiro atoms. The molecule has 20 heavy (non-hydrogen) atoms. The van der Waals surface area contributed by atoms with Gasteiger partial charge >= 0.3 is 0 Å². The Hall–Kier alpha value is -1.42. The van der Waals surface area contributed by atoms with Crippen molar-refractivity contribution in [2.24, 2.45) is 5.73 Å². The zero-order chi connectivity index (χ0) is 14.6. The number of hydrogen-bond acceptors (Lipinski definition) is 2. The number of benzene rings is 2. The molecule has 2 rings (SSSR count). The summed E-state index contributed by atoms with van der Waals surface area (Å²) in [5, 5.41) is 10.5. The lowest BCUT2D eigenvalue weighted by Gasteiger charge is -2.31. The highest BCUT2D eigenvalue weighted by atomic mass is 35.5. The molecule has 2 aromatic carbocycles. The predicted molar refractivity (Wildman–Crippen MR) is 79.4 cm³/mol. The van der Waals surface area contributed by atoms with E-state index in [4.69, 9.17) is 17.3 Å². The Balaban J connectivity index is 2.39. The van der Waals surface area contributed by atoms with E-state index in [1.165, 1.54) is 12.1 Å². The van der Waals surface area contributed by atoms with Crippen LogP contribution in [0.3, 0.4) is 0 Å². The summed E-state index contributed by atoms with van der Waals surface area (Å²) in [4.78, 5) is 0. The van der Waals surface area contributed by atoms with Crippen molar-refractivity contribution in [3.8, 4) is 0 Å². The molecule has 2 nitrogen and oxygen atoms in total. The smallest absolute Gasteiger partial charge is 0.123 e. The first kappa shape index (κ1) is 15.0. The molecule has 3 N–H and O–H groups in total. The van der Waals surface area contributed by atoms with E-state index in [0.29, 0.717) is 11.4 Å². The topological polar surface area (TPSA) is 46.2 Å². The number of aliphatic hydroxyl groups excluding tert-OH is 1. The van der Waals surface area contributed by atoms with Crippen LogP contribution in [0.1, 0.15) is 11.1 Å². The Morgan fingerprint density at radius 2 is 1.75 bits per heavy atom. The van der Waals surface area contributed by atoms with Gasteiger partial charge in [-0.05, 0) is 35.7 Å². The normalized spacial score (nSPS) is 14.0. The zero-order valence-corrected chi connectivity index (χ0v) is 11.8. The van der Waals surface area contributed by atoms with E-state index < -0.39 is 5.41 Å². The van der Waals surface area contributed by atoms with Gasteiger partial charge in [0.1, 0.15) is 5.82 Å². The number of halogens is 2. The number of aliphatic hydroxyl groups is 1. The van der Waals surface area contributed by atoms with E-state index in [9.17, 15) is 9.50 Å². The van der Waals surface area contributed by atoms with Gasteiger partial charge in [-0.2, -0.15) is 0 Å². The second-order valence-corrected chi connectivity index (χ2v) is 5.32. The Morgan fingerprint density at radius 3 is 2.30 bits per heavy atom. The van der Waals surface area contributed by atoms with E-state index in [-0.39, 0.29) is 19.0 Å². The van der Waals surface area contributed by atoms with Gasteiger partial charge in [-0.15, -0.1) is 0 Å². The maximum Gasteiger partial charge on any atom is 0.123 e. The van der Waals surface area contributed by atoms with Crippen molar-refractivity contribution >= 4 is 11.6 Å². The van der Waals surface area contributed by atoms with E-state index in [1.807, 2.05) is 18.2 Å². The van der Waals surface area contributed by atoms with Crippen LogP contribution in [0.4, 0.5) is 4.39 Å². The lowest BCUT2D eigenvalue weighted by atomic mass is 9.76. The van der Waals surface area contributed by atoms with Crippen molar-refractivity contribution in [3.63, 3.8) is 0 Å². The van der Waals surface area contributed by atoms with Crippen molar-refractivity contribution in [1.82, 2.24) is 0 Å². The highest BCUT2D eigenvalue weighted by Crippen LogP contribution is 2.30. The summed E-state index contributed by atoms with van der Waals surface area (Å²) in [6.45, 7) is 0.126. The molecule has 0 aliphatic carbocycles. The Kier molecular flexibility index (Phi) is 4.76. The summed E-state index contributed by atoms with van der Waals surface area (Å²) < 4.78 is 13.1. The van der Waals surface area contributed by atoms with Gasteiger partial charge in [0, 0.05) is 17.0 Å². The van der Waals surface area contributed by atoms with Crippen LogP contribution in [0.5, 0.6) is 0 Å². The van der Waals surface area contributed by atoms with Gasteiger partial charge in [0.25, 0.3) is 0 Å². The van der Waals surface area contributed by atoms with Crippen LogP contribution < -0.4 is 5.73 Å². The molecule has 0 amide bonds. The second kappa shape index (κ2) is 6.35. The highest BCUT2D eigenvalue weighted by molar-refractivity contribution is 6.31. The van der Waals surface area contributed by atoms with Crippen molar-refractivity contribution < 1.29 is 9.50 Å². The van der Waals surface area contributed by atoms with Crippen LogP contribution in [-0.2, 0) is 11.8 Å². The molecule has 1 unspecified atom stereocenters. The van der Waals surface area contributed by atoms with Crippen molar-refractivity contribution in [2.75, 3.05) is 13.2 Å². The lowest BCUT2D eigenvalue weighted by molar-refractivity contribution is 0.196. The first-order valence-corrected chi connectivity index (χ1v) is 6.79. The number of hydrogen-bond donors (Lipinski definition) is 2. The van der Waals surface area contributed by atoms with Gasteiger partial charge < -0.3 is 10.8 Å². The summed E-state index contributed by atoms with van der Waals surface area (Å²) in [5.41, 5.74) is 6.96. The molecule has 0 saturated carbocycles. The Labute approximate surface area is 123 Å². The van der Waals surface area contributed by atoms with E-state index in [0.717, 1.165) is 11.1 Å². The molecule has 106 valence electrons. The Morgan fingerprint density at radius 1 is 1.10 bits per heavy atom. The van der Waals surface area contributed by atoms with Crippen molar-refractivity contribution in [2.45, 2.75) is 11.8 Å². The fraction of sp³-hybridized carbons (Fsp3) is 0.250. The summed E-state index contributed by atoms with van der Waals surface area (Å²) >= 11 is 6.17. The van der Waals surface area contributed by atoms with Crippen molar-refractivity contribution in [1.29, 1.82) is 0 Å². The molecule has 0 radical (unpaired) electrons. The minimum atomic E-state index is -0.654. The minimum Gasteiger partial charge on any atom is -0.395 e. The second-order valence-electron chi connectivity index (χ2n) is 4.92. The van der Waals surface area contributed by atoms with Crippen LogP contribution >= 0.6 is 11.6 Å². The molecule has 0 fully saturated rings. The SMILES string of the molecule is NCC(CO)(Cc1ccccc1Cl)c1ccc(F)cc1. The maximum atomic E-state index is 13.1. The first-order valence-electron chi connectivity index (χ1n) is 6.42. The molecule has 2 aromatic rings. The minimum absolute atomic E-state index is 0.125. The van der Waals surface area contributed by atoms with Crippen LogP contribution in [0.15, 0.2) is 48.5 Å². The summed E-state index contributed by atoms with van der Waals surface area (Å²) in [7, 11) is 0. The van der Waals surface area contributed by atoms with Gasteiger partial charge in [-0.25, -0.2) is 4.39 Å². The van der Waals surface area contributed by atoms with Gasteiger partial charge in [0.2, 0.25) is 0 Å². The number of nitrogens with two attached hydrogens (primary N) is 1. The average molecular weight is 294 g/mol. The first-order chi connectivity index (χ1) is 9.61. The van der Waals surface area contributed by atoms with E-state index >= 15 is 0 Å². The van der Waals surface area contributed by atoms with Gasteiger partial charge in [-0.1, -0.05) is 41.9 Å². The van der Waals surface area contributed by atoms with Gasteiger partial charge in [-0.3, -0.25) is 0 Å². The molecule has 0 aliphatic heterocycles. The summed E-state index contributed by atoms with van der Waals surface area (Å²) in [5.74, 6) is -0.310. The quantitative estimate of drug-likeness (QED) is 0.890. The van der Waals surface area contributed by atoms with Gasteiger partial charge in [0.15, 0.2) is 0 Å². The lowest BCUT2D eigenvalue weighted by Crippen LogP contribution is -2.41. The number of rotatable bonds is 5. The van der Waals surface area contributed by atoms with Crippen LogP contribution in [0.2, 0.25) is 5.02 Å². The predicted octanol–water partition coefficient (Wildman–Crippen LogP) is 2.91. The molecule has 4 heteroatoms. The van der Waals surface area contributed by atoms with E-state index in [2.05, 4.69) is 0 Å². The van der Waals surface area contributed by atoms with Gasteiger partial charge in [0.05, 0.1) is 6.61 Å². The summed E-state index contributed by atoms with van der Waals surface area (Å²) in [6, 6.07) is 13.5. The van der Waals surface area contributed by atoms with Crippen LogP contribution in [-0.4, -0.2) is 18.3 Å². The third kappa shape index (κ3) is 3.01. The zero-order valence-electron chi connectivity index (χ0n) is 11.0. The third-order valence-electron chi connectivity index (χ3n) is 3.64. The molecule has 0 heterocycles. The Bertz CT molecular complexity index is 567. The van der Waals surface area contributed by atoms with Crippen LogP contribution in [0, 0.1) is 5.82 Å².